The molecule has 0 aromatic heterocycles. The summed E-state index contributed by atoms with van der Waals surface area (Å²) in [4.78, 5) is 17.2. The molecule has 1 amide bonds. The van der Waals surface area contributed by atoms with E-state index in [-0.39, 0.29) is 5.91 Å². The number of carbonyl (C=O) groups is 1. The van der Waals surface area contributed by atoms with E-state index in [0.717, 1.165) is 25.4 Å². The molecule has 0 spiro atoms. The van der Waals surface area contributed by atoms with Gasteiger partial charge < -0.3 is 23.8 Å². The standard InChI is InChI=1S/C22H28N2O5/c1-26-18-7-5-16(6-8-18)15-23-9-11-24(12-10-23)22(25)17-13-19(27-2)21(29-4)20(14-17)28-3/h5-8,13-14H,9-12,15H2,1-4H3. The van der Waals surface area contributed by atoms with E-state index in [1.807, 2.05) is 17.0 Å². The maximum atomic E-state index is 13.0. The van der Waals surface area contributed by atoms with Crippen LogP contribution in [0.25, 0.3) is 0 Å². The summed E-state index contributed by atoms with van der Waals surface area (Å²) in [6, 6.07) is 11.5. The average Bonchev–Trinajstić information content (AvgIpc) is 2.78. The summed E-state index contributed by atoms with van der Waals surface area (Å²) in [7, 11) is 6.30. The molecule has 156 valence electrons. The zero-order valence-corrected chi connectivity index (χ0v) is 17.4. The van der Waals surface area contributed by atoms with Gasteiger partial charge in [-0.1, -0.05) is 12.1 Å². The third-order valence-corrected chi connectivity index (χ3v) is 5.14. The van der Waals surface area contributed by atoms with Crippen LogP contribution in [0.2, 0.25) is 0 Å². The van der Waals surface area contributed by atoms with Gasteiger partial charge in [0.2, 0.25) is 5.75 Å². The normalized spacial score (nSPS) is 14.4. The highest BCUT2D eigenvalue weighted by atomic mass is 16.5. The van der Waals surface area contributed by atoms with Crippen molar-refractivity contribution in [3.05, 3.63) is 47.5 Å². The molecule has 1 heterocycles. The average molecular weight is 400 g/mol. The second-order valence-electron chi connectivity index (χ2n) is 6.83. The van der Waals surface area contributed by atoms with Gasteiger partial charge in [-0.3, -0.25) is 9.69 Å². The van der Waals surface area contributed by atoms with Crippen LogP contribution in [-0.4, -0.2) is 70.3 Å². The van der Waals surface area contributed by atoms with Crippen LogP contribution >= 0.6 is 0 Å². The van der Waals surface area contributed by atoms with Crippen molar-refractivity contribution in [2.45, 2.75) is 6.54 Å². The van der Waals surface area contributed by atoms with Gasteiger partial charge in [0.05, 0.1) is 28.4 Å². The molecule has 0 unspecified atom stereocenters. The molecule has 0 aliphatic carbocycles. The Morgan fingerprint density at radius 3 is 1.90 bits per heavy atom. The minimum atomic E-state index is -0.0339. The largest absolute Gasteiger partial charge is 0.497 e. The topological polar surface area (TPSA) is 60.5 Å². The second kappa shape index (κ2) is 9.52. The Labute approximate surface area is 171 Å². The summed E-state index contributed by atoms with van der Waals surface area (Å²) in [5, 5.41) is 0. The van der Waals surface area contributed by atoms with Crippen LogP contribution in [0.5, 0.6) is 23.0 Å². The minimum Gasteiger partial charge on any atom is -0.497 e. The highest BCUT2D eigenvalue weighted by Crippen LogP contribution is 2.38. The third kappa shape index (κ3) is 4.74. The van der Waals surface area contributed by atoms with Crippen LogP contribution in [0.15, 0.2) is 36.4 Å². The SMILES string of the molecule is COc1ccc(CN2CCN(C(=O)c3cc(OC)c(OC)c(OC)c3)CC2)cc1. The van der Waals surface area contributed by atoms with Gasteiger partial charge in [0.25, 0.3) is 5.91 Å². The molecule has 2 aromatic rings. The third-order valence-electron chi connectivity index (χ3n) is 5.14. The number of rotatable bonds is 7. The molecule has 7 heteroatoms. The van der Waals surface area contributed by atoms with Crippen LogP contribution in [-0.2, 0) is 6.54 Å². The Morgan fingerprint density at radius 1 is 0.828 bits per heavy atom. The number of ether oxygens (including phenoxy) is 4. The molecule has 0 radical (unpaired) electrons. The highest BCUT2D eigenvalue weighted by Gasteiger charge is 2.24. The molecule has 0 bridgehead atoms. The molecule has 0 N–H and O–H groups in total. The Hall–Kier alpha value is -2.93. The van der Waals surface area contributed by atoms with Crippen molar-refractivity contribution in [1.29, 1.82) is 0 Å². The molecule has 29 heavy (non-hydrogen) atoms. The zero-order chi connectivity index (χ0) is 20.8. The first-order valence-electron chi connectivity index (χ1n) is 9.54. The monoisotopic (exact) mass is 400 g/mol. The predicted molar refractivity (Wildman–Crippen MR) is 110 cm³/mol. The quantitative estimate of drug-likeness (QED) is 0.712. The fourth-order valence-electron chi connectivity index (χ4n) is 3.49. The fraction of sp³-hybridized carbons (Fsp3) is 0.409. The van der Waals surface area contributed by atoms with Gasteiger partial charge in [0, 0.05) is 38.3 Å². The van der Waals surface area contributed by atoms with Gasteiger partial charge >= 0.3 is 0 Å². The molecule has 1 aliphatic rings. The summed E-state index contributed by atoms with van der Waals surface area (Å²) in [6.45, 7) is 3.85. The van der Waals surface area contributed by atoms with E-state index in [2.05, 4.69) is 17.0 Å². The summed E-state index contributed by atoms with van der Waals surface area (Å²) in [5.41, 5.74) is 1.76. The Kier molecular flexibility index (Phi) is 6.82. The van der Waals surface area contributed by atoms with Crippen LogP contribution in [0.3, 0.4) is 0 Å². The molecular weight excluding hydrogens is 372 g/mol. The molecule has 2 aromatic carbocycles. The van der Waals surface area contributed by atoms with E-state index in [9.17, 15) is 4.79 Å². The van der Waals surface area contributed by atoms with Crippen molar-refractivity contribution in [3.63, 3.8) is 0 Å². The smallest absolute Gasteiger partial charge is 0.254 e. The molecule has 1 fully saturated rings. The summed E-state index contributed by atoms with van der Waals surface area (Å²) < 4.78 is 21.3. The van der Waals surface area contributed by atoms with Crippen molar-refractivity contribution in [2.75, 3.05) is 54.6 Å². The summed E-state index contributed by atoms with van der Waals surface area (Å²) >= 11 is 0. The van der Waals surface area contributed by atoms with Crippen molar-refractivity contribution < 1.29 is 23.7 Å². The lowest BCUT2D eigenvalue weighted by Crippen LogP contribution is -2.48. The van der Waals surface area contributed by atoms with Gasteiger partial charge in [0.1, 0.15) is 5.75 Å². The Morgan fingerprint density at radius 2 is 1.41 bits per heavy atom. The summed E-state index contributed by atoms with van der Waals surface area (Å²) in [5.74, 6) is 2.26. The molecular formula is C22H28N2O5. The van der Waals surface area contributed by atoms with E-state index in [0.29, 0.717) is 35.9 Å². The van der Waals surface area contributed by atoms with E-state index in [4.69, 9.17) is 18.9 Å². The molecule has 0 atom stereocenters. The lowest BCUT2D eigenvalue weighted by molar-refractivity contribution is 0.0627. The number of nitrogens with zero attached hydrogens (tertiary/aromatic N) is 2. The van der Waals surface area contributed by atoms with Gasteiger partial charge in [-0.15, -0.1) is 0 Å². The number of methoxy groups -OCH3 is 4. The minimum absolute atomic E-state index is 0.0339. The van der Waals surface area contributed by atoms with Gasteiger partial charge in [-0.2, -0.15) is 0 Å². The van der Waals surface area contributed by atoms with E-state index in [1.54, 1.807) is 40.6 Å². The van der Waals surface area contributed by atoms with E-state index >= 15 is 0 Å². The molecule has 3 rings (SSSR count). The van der Waals surface area contributed by atoms with Gasteiger partial charge in [-0.05, 0) is 29.8 Å². The van der Waals surface area contributed by atoms with E-state index in [1.165, 1.54) is 5.56 Å². The molecule has 0 saturated carbocycles. The first kappa shape index (κ1) is 20.8. The van der Waals surface area contributed by atoms with Gasteiger partial charge in [0.15, 0.2) is 11.5 Å². The second-order valence-corrected chi connectivity index (χ2v) is 6.83. The van der Waals surface area contributed by atoms with Crippen molar-refractivity contribution in [3.8, 4) is 23.0 Å². The number of carbonyl (C=O) groups excluding carboxylic acids is 1. The van der Waals surface area contributed by atoms with Gasteiger partial charge in [-0.25, -0.2) is 0 Å². The Balaban J connectivity index is 1.63. The maximum Gasteiger partial charge on any atom is 0.254 e. The van der Waals surface area contributed by atoms with Crippen molar-refractivity contribution >= 4 is 5.91 Å². The number of piperazine rings is 1. The Bertz CT molecular complexity index is 805. The van der Waals surface area contributed by atoms with Crippen molar-refractivity contribution in [1.82, 2.24) is 9.80 Å². The predicted octanol–water partition coefficient (Wildman–Crippen LogP) is 2.68. The van der Waals surface area contributed by atoms with Crippen LogP contribution in [0.4, 0.5) is 0 Å². The summed E-state index contributed by atoms with van der Waals surface area (Å²) in [6.07, 6.45) is 0. The first-order valence-corrected chi connectivity index (χ1v) is 9.54. The van der Waals surface area contributed by atoms with E-state index < -0.39 is 0 Å². The first-order chi connectivity index (χ1) is 14.1. The van der Waals surface area contributed by atoms with Crippen LogP contribution < -0.4 is 18.9 Å². The molecule has 1 saturated heterocycles. The lowest BCUT2D eigenvalue weighted by Gasteiger charge is -2.35. The van der Waals surface area contributed by atoms with Crippen LogP contribution in [0, 0.1) is 0 Å². The lowest BCUT2D eigenvalue weighted by atomic mass is 10.1. The zero-order valence-electron chi connectivity index (χ0n) is 17.4. The number of amides is 1. The maximum absolute atomic E-state index is 13.0. The number of hydrogen-bond donors (Lipinski definition) is 0. The molecule has 1 aliphatic heterocycles. The number of hydrogen-bond acceptors (Lipinski definition) is 6. The molecule has 7 nitrogen and oxygen atoms in total. The highest BCUT2D eigenvalue weighted by molar-refractivity contribution is 5.95. The van der Waals surface area contributed by atoms with Crippen LogP contribution in [0.1, 0.15) is 15.9 Å². The fourth-order valence-corrected chi connectivity index (χ4v) is 3.49. The van der Waals surface area contributed by atoms with Crippen molar-refractivity contribution in [2.24, 2.45) is 0 Å². The number of benzene rings is 2.